The van der Waals surface area contributed by atoms with Gasteiger partial charge in [0.05, 0.1) is 25.4 Å². The second kappa shape index (κ2) is 8.17. The van der Waals surface area contributed by atoms with E-state index in [1.54, 1.807) is 24.3 Å². The minimum atomic E-state index is -0.819. The Morgan fingerprint density at radius 3 is 2.84 bits per heavy atom. The Kier molecular flexibility index (Phi) is 5.93. The summed E-state index contributed by atoms with van der Waals surface area (Å²) < 4.78 is 22.3. The van der Waals surface area contributed by atoms with Crippen molar-refractivity contribution in [1.29, 1.82) is 0 Å². The minimum absolute atomic E-state index is 0.270. The molecule has 0 saturated carbocycles. The van der Waals surface area contributed by atoms with Crippen molar-refractivity contribution >= 4 is 5.97 Å². The number of hydrogen-bond acceptors (Lipinski definition) is 6. The normalized spacial score (nSPS) is 27.9. The van der Waals surface area contributed by atoms with Gasteiger partial charge in [-0.1, -0.05) is 26.2 Å². The van der Waals surface area contributed by atoms with E-state index in [9.17, 15) is 4.79 Å². The van der Waals surface area contributed by atoms with Crippen LogP contribution in [0.25, 0.3) is 0 Å². The van der Waals surface area contributed by atoms with E-state index in [1.165, 1.54) is 19.3 Å². The Morgan fingerprint density at radius 2 is 2.08 bits per heavy atom. The molecule has 25 heavy (non-hydrogen) atoms. The van der Waals surface area contributed by atoms with E-state index in [-0.39, 0.29) is 12.7 Å². The van der Waals surface area contributed by atoms with E-state index in [0.29, 0.717) is 25.2 Å². The number of rotatable bonds is 8. The number of fused-ring (bicyclic) bond motifs is 1. The fraction of sp³-hybridized carbons (Fsp3) is 0.632. The van der Waals surface area contributed by atoms with Crippen molar-refractivity contribution in [1.82, 2.24) is 0 Å². The maximum absolute atomic E-state index is 12.3. The Bertz CT molecular complexity index is 576. The second-order valence-electron chi connectivity index (χ2n) is 6.68. The molecule has 6 nitrogen and oxygen atoms in total. The van der Waals surface area contributed by atoms with Crippen LogP contribution in [0.2, 0.25) is 0 Å². The van der Waals surface area contributed by atoms with Crippen LogP contribution >= 0.6 is 0 Å². The fourth-order valence-corrected chi connectivity index (χ4v) is 3.24. The molecular formula is C19H27NO5. The zero-order chi connectivity index (χ0) is 17.7. The van der Waals surface area contributed by atoms with Crippen molar-refractivity contribution < 1.29 is 23.7 Å². The van der Waals surface area contributed by atoms with Crippen LogP contribution in [0.15, 0.2) is 24.3 Å². The molecule has 2 aliphatic heterocycles. The van der Waals surface area contributed by atoms with Crippen LogP contribution in [0, 0.1) is 0 Å². The molecular weight excluding hydrogens is 322 g/mol. The van der Waals surface area contributed by atoms with Crippen LogP contribution in [0.5, 0.6) is 5.75 Å². The van der Waals surface area contributed by atoms with Crippen molar-refractivity contribution in [2.45, 2.75) is 57.0 Å². The lowest BCUT2D eigenvalue weighted by atomic mass is 10.1. The standard InChI is InChI=1S/C19H27NO5/c1-2-3-4-5-11-22-15-8-6-14(7-9-15)18(21)25-16-13-24-19(20)10-12-23-17(16)19/h6-9,16-17H,2-5,10-13,20H2,1H3/t16?,17-,19-/m1/s1. The molecule has 0 bridgehead atoms. The fourth-order valence-electron chi connectivity index (χ4n) is 3.24. The molecule has 3 atom stereocenters. The largest absolute Gasteiger partial charge is 0.494 e. The first-order valence-electron chi connectivity index (χ1n) is 9.10. The molecule has 3 rings (SSSR count). The molecule has 0 amide bonds. The third-order valence-corrected chi connectivity index (χ3v) is 4.74. The van der Waals surface area contributed by atoms with E-state index in [1.807, 2.05) is 0 Å². The number of nitrogens with two attached hydrogens (primary N) is 1. The van der Waals surface area contributed by atoms with Crippen molar-refractivity contribution in [2.75, 3.05) is 19.8 Å². The predicted molar refractivity (Wildman–Crippen MR) is 92.5 cm³/mol. The molecule has 0 aromatic heterocycles. The molecule has 1 unspecified atom stereocenters. The van der Waals surface area contributed by atoms with E-state index in [0.717, 1.165) is 12.2 Å². The van der Waals surface area contributed by atoms with Gasteiger partial charge >= 0.3 is 5.97 Å². The van der Waals surface area contributed by atoms with E-state index in [4.69, 9.17) is 24.7 Å². The highest BCUT2D eigenvalue weighted by atomic mass is 16.6. The highest BCUT2D eigenvalue weighted by molar-refractivity contribution is 5.89. The monoisotopic (exact) mass is 349 g/mol. The van der Waals surface area contributed by atoms with Crippen molar-refractivity contribution in [3.05, 3.63) is 29.8 Å². The average Bonchev–Trinajstić information content (AvgIpc) is 3.13. The van der Waals surface area contributed by atoms with Crippen LogP contribution in [0.1, 0.15) is 49.4 Å². The molecule has 2 saturated heterocycles. The summed E-state index contributed by atoms with van der Waals surface area (Å²) in [5.41, 5.74) is 5.77. The number of benzene rings is 1. The van der Waals surface area contributed by atoms with Gasteiger partial charge in [-0.15, -0.1) is 0 Å². The lowest BCUT2D eigenvalue weighted by Gasteiger charge is -2.22. The number of hydrogen-bond donors (Lipinski definition) is 1. The second-order valence-corrected chi connectivity index (χ2v) is 6.68. The van der Waals surface area contributed by atoms with Gasteiger partial charge in [0.1, 0.15) is 17.6 Å². The van der Waals surface area contributed by atoms with E-state index < -0.39 is 17.8 Å². The Morgan fingerprint density at radius 1 is 1.28 bits per heavy atom. The van der Waals surface area contributed by atoms with Gasteiger partial charge < -0.3 is 24.7 Å². The summed E-state index contributed by atoms with van der Waals surface area (Å²) in [6.45, 7) is 3.68. The van der Waals surface area contributed by atoms with Crippen LogP contribution < -0.4 is 10.5 Å². The molecule has 0 spiro atoms. The molecule has 1 aromatic carbocycles. The number of unbranched alkanes of at least 4 members (excludes halogenated alkanes) is 3. The quantitative estimate of drug-likeness (QED) is 0.574. The highest BCUT2D eigenvalue weighted by Gasteiger charge is 2.53. The van der Waals surface area contributed by atoms with Gasteiger partial charge in [-0.25, -0.2) is 4.79 Å². The molecule has 2 heterocycles. The first-order chi connectivity index (χ1) is 12.1. The highest BCUT2D eigenvalue weighted by Crippen LogP contribution is 2.34. The van der Waals surface area contributed by atoms with E-state index >= 15 is 0 Å². The van der Waals surface area contributed by atoms with Gasteiger partial charge in [0.25, 0.3) is 0 Å². The lowest BCUT2D eigenvalue weighted by Crippen LogP contribution is -2.48. The zero-order valence-corrected chi connectivity index (χ0v) is 14.7. The number of ether oxygens (including phenoxy) is 4. The minimum Gasteiger partial charge on any atom is -0.494 e. The van der Waals surface area contributed by atoms with Crippen LogP contribution in [0.4, 0.5) is 0 Å². The van der Waals surface area contributed by atoms with Gasteiger partial charge in [-0.2, -0.15) is 0 Å². The SMILES string of the molecule is CCCCCCOc1ccc(C(=O)OC2CO[C@]3(N)CCO[C@H]23)cc1. The number of carbonyl (C=O) groups excluding carboxylic acids is 1. The zero-order valence-electron chi connectivity index (χ0n) is 14.7. The molecule has 0 aliphatic carbocycles. The first kappa shape index (κ1) is 18.2. The number of esters is 1. The van der Waals surface area contributed by atoms with Crippen LogP contribution in [0.3, 0.4) is 0 Å². The molecule has 2 N–H and O–H groups in total. The summed E-state index contributed by atoms with van der Waals surface area (Å²) in [4.78, 5) is 12.3. The molecule has 138 valence electrons. The molecule has 2 aliphatic rings. The van der Waals surface area contributed by atoms with Crippen molar-refractivity contribution in [2.24, 2.45) is 5.73 Å². The Labute approximate surface area is 148 Å². The van der Waals surface area contributed by atoms with Gasteiger partial charge in [0, 0.05) is 6.42 Å². The average molecular weight is 349 g/mol. The summed E-state index contributed by atoms with van der Waals surface area (Å²) in [7, 11) is 0. The first-order valence-corrected chi connectivity index (χ1v) is 9.10. The van der Waals surface area contributed by atoms with Crippen molar-refractivity contribution in [3.8, 4) is 5.75 Å². The Hall–Kier alpha value is -1.63. The summed E-state index contributed by atoms with van der Waals surface area (Å²) in [5.74, 6) is 0.361. The maximum atomic E-state index is 12.3. The lowest BCUT2D eigenvalue weighted by molar-refractivity contribution is -0.0300. The summed E-state index contributed by atoms with van der Waals surface area (Å²) in [6.07, 6.45) is 4.43. The van der Waals surface area contributed by atoms with Gasteiger partial charge in [-0.05, 0) is 30.7 Å². The summed E-state index contributed by atoms with van der Waals surface area (Å²) >= 11 is 0. The van der Waals surface area contributed by atoms with Crippen molar-refractivity contribution in [3.63, 3.8) is 0 Å². The molecule has 0 radical (unpaired) electrons. The molecule has 6 heteroatoms. The third-order valence-electron chi connectivity index (χ3n) is 4.74. The van der Waals surface area contributed by atoms with Gasteiger partial charge in [0.2, 0.25) is 0 Å². The molecule has 2 fully saturated rings. The van der Waals surface area contributed by atoms with Gasteiger partial charge in [-0.3, -0.25) is 0 Å². The third kappa shape index (κ3) is 4.32. The van der Waals surface area contributed by atoms with Crippen LogP contribution in [-0.2, 0) is 14.2 Å². The summed E-state index contributed by atoms with van der Waals surface area (Å²) in [6, 6.07) is 7.01. The predicted octanol–water partition coefficient (Wildman–Crippen LogP) is 2.65. The number of carbonyl (C=O) groups is 1. The smallest absolute Gasteiger partial charge is 0.338 e. The topological polar surface area (TPSA) is 80.0 Å². The Balaban J connectivity index is 1.48. The van der Waals surface area contributed by atoms with Crippen LogP contribution in [-0.4, -0.2) is 43.7 Å². The van der Waals surface area contributed by atoms with E-state index in [2.05, 4.69) is 6.92 Å². The maximum Gasteiger partial charge on any atom is 0.338 e. The van der Waals surface area contributed by atoms with Gasteiger partial charge in [0.15, 0.2) is 6.10 Å². The molecule has 1 aromatic rings. The summed E-state index contributed by atoms with van der Waals surface area (Å²) in [5, 5.41) is 0.